The van der Waals surface area contributed by atoms with Crippen molar-refractivity contribution in [1.82, 2.24) is 15.3 Å². The van der Waals surface area contributed by atoms with Crippen molar-refractivity contribution in [2.24, 2.45) is 0 Å². The highest BCUT2D eigenvalue weighted by Gasteiger charge is 2.08. The van der Waals surface area contributed by atoms with E-state index in [1.807, 2.05) is 12.1 Å². The highest BCUT2D eigenvalue weighted by atomic mass is 35.5. The van der Waals surface area contributed by atoms with Gasteiger partial charge in [-0.05, 0) is 23.8 Å². The summed E-state index contributed by atoms with van der Waals surface area (Å²) in [5.74, 6) is 0.142. The van der Waals surface area contributed by atoms with Crippen LogP contribution in [-0.2, 0) is 11.3 Å². The van der Waals surface area contributed by atoms with E-state index in [4.69, 9.17) is 16.3 Å². The second-order valence-electron chi connectivity index (χ2n) is 4.49. The summed E-state index contributed by atoms with van der Waals surface area (Å²) in [7, 11) is 1.61. The number of carbonyl (C=O) groups excluding carboxylic acids is 1. The summed E-state index contributed by atoms with van der Waals surface area (Å²) in [4.78, 5) is 20.3. The van der Waals surface area contributed by atoms with E-state index in [2.05, 4.69) is 20.6 Å². The number of hydrogen-bond donors (Lipinski definition) is 2. The fourth-order valence-electron chi connectivity index (χ4n) is 1.71. The van der Waals surface area contributed by atoms with Crippen LogP contribution in [0.2, 0.25) is 5.02 Å². The summed E-state index contributed by atoms with van der Waals surface area (Å²) in [6.07, 6.45) is 1.54. The Kier molecular flexibility index (Phi) is 6.12. The third-order valence-corrected chi connectivity index (χ3v) is 3.10. The number of hydrogen-bond acceptors (Lipinski definition) is 5. The van der Waals surface area contributed by atoms with Crippen molar-refractivity contribution in [3.63, 3.8) is 0 Å². The molecule has 0 aliphatic rings. The van der Waals surface area contributed by atoms with E-state index in [9.17, 15) is 4.79 Å². The molecule has 7 heteroatoms. The largest absolute Gasteiger partial charge is 0.383 e. The number of anilines is 1. The second-order valence-corrected chi connectivity index (χ2v) is 4.93. The van der Waals surface area contributed by atoms with E-state index in [1.165, 1.54) is 0 Å². The summed E-state index contributed by atoms with van der Waals surface area (Å²) >= 11 is 5.82. The predicted molar refractivity (Wildman–Crippen MR) is 85.0 cm³/mol. The van der Waals surface area contributed by atoms with Crippen LogP contribution in [0, 0.1) is 0 Å². The summed E-state index contributed by atoms with van der Waals surface area (Å²) < 4.78 is 4.93. The highest BCUT2D eigenvalue weighted by Crippen LogP contribution is 2.09. The number of rotatable bonds is 7. The Bertz CT molecular complexity index is 619. The lowest BCUT2D eigenvalue weighted by atomic mass is 10.2. The third-order valence-electron chi connectivity index (χ3n) is 2.84. The Balaban J connectivity index is 1.91. The number of aromatic nitrogens is 2. The van der Waals surface area contributed by atoms with Crippen LogP contribution in [0.3, 0.4) is 0 Å². The van der Waals surface area contributed by atoms with E-state index in [0.717, 1.165) is 5.56 Å². The number of benzene rings is 1. The van der Waals surface area contributed by atoms with Crippen molar-refractivity contribution in [2.45, 2.75) is 6.54 Å². The lowest BCUT2D eigenvalue weighted by molar-refractivity contribution is 0.0946. The summed E-state index contributed by atoms with van der Waals surface area (Å²) in [5.41, 5.74) is 1.27. The minimum absolute atomic E-state index is 0.257. The first-order valence-electron chi connectivity index (χ1n) is 6.77. The van der Waals surface area contributed by atoms with Crippen molar-refractivity contribution >= 4 is 23.5 Å². The molecule has 0 saturated carbocycles. The maximum Gasteiger partial charge on any atom is 0.270 e. The van der Waals surface area contributed by atoms with Crippen LogP contribution in [0.15, 0.2) is 36.5 Å². The molecule has 1 aromatic heterocycles. The van der Waals surface area contributed by atoms with E-state index < -0.39 is 0 Å². The molecule has 0 aliphatic carbocycles. The van der Waals surface area contributed by atoms with Crippen molar-refractivity contribution in [2.75, 3.05) is 25.6 Å². The minimum Gasteiger partial charge on any atom is -0.383 e. The number of amides is 1. The fourth-order valence-corrected chi connectivity index (χ4v) is 1.84. The molecule has 2 aromatic rings. The van der Waals surface area contributed by atoms with Gasteiger partial charge >= 0.3 is 0 Å². The van der Waals surface area contributed by atoms with Gasteiger partial charge in [0.05, 0.1) is 6.61 Å². The average molecular weight is 321 g/mol. The summed E-state index contributed by atoms with van der Waals surface area (Å²) in [6, 6.07) is 8.86. The zero-order chi connectivity index (χ0) is 15.8. The molecule has 22 heavy (non-hydrogen) atoms. The Hall–Kier alpha value is -2.18. The molecule has 0 spiro atoms. The molecule has 0 radical (unpaired) electrons. The Labute approximate surface area is 133 Å². The van der Waals surface area contributed by atoms with Crippen LogP contribution in [0.1, 0.15) is 16.1 Å². The maximum atomic E-state index is 12.1. The molecule has 0 atom stereocenters. The van der Waals surface area contributed by atoms with Gasteiger partial charge in [-0.1, -0.05) is 23.7 Å². The molecular formula is C15H17ClN4O2. The van der Waals surface area contributed by atoms with Gasteiger partial charge in [0, 0.05) is 31.4 Å². The van der Waals surface area contributed by atoms with Gasteiger partial charge in [-0.25, -0.2) is 9.97 Å². The lowest BCUT2D eigenvalue weighted by Gasteiger charge is -2.07. The van der Waals surface area contributed by atoms with E-state index in [1.54, 1.807) is 31.5 Å². The number of nitrogens with one attached hydrogen (secondary N) is 2. The maximum absolute atomic E-state index is 12.1. The van der Waals surface area contributed by atoms with Crippen LogP contribution in [0.4, 0.5) is 5.95 Å². The number of ether oxygens (including phenoxy) is 1. The zero-order valence-corrected chi connectivity index (χ0v) is 12.9. The third kappa shape index (κ3) is 4.98. The van der Waals surface area contributed by atoms with Gasteiger partial charge in [0.25, 0.3) is 5.91 Å². The molecule has 1 aromatic carbocycles. The van der Waals surface area contributed by atoms with Gasteiger partial charge in [0.1, 0.15) is 5.69 Å². The molecule has 2 N–H and O–H groups in total. The standard InChI is InChI=1S/C15H17ClN4O2/c1-22-9-8-18-15-17-7-6-13(20-15)14(21)19-10-11-2-4-12(16)5-3-11/h2-7H,8-10H2,1H3,(H,19,21)(H,17,18,20). The van der Waals surface area contributed by atoms with Gasteiger partial charge in [0.2, 0.25) is 5.95 Å². The first kappa shape index (κ1) is 16.2. The molecule has 0 unspecified atom stereocenters. The second kappa shape index (κ2) is 8.31. The Morgan fingerprint density at radius 3 is 2.77 bits per heavy atom. The number of nitrogens with zero attached hydrogens (tertiary/aromatic N) is 2. The lowest BCUT2D eigenvalue weighted by Crippen LogP contribution is -2.24. The molecule has 0 bridgehead atoms. The number of halogens is 1. The monoisotopic (exact) mass is 320 g/mol. The Morgan fingerprint density at radius 1 is 1.27 bits per heavy atom. The predicted octanol–water partition coefficient (Wildman–Crippen LogP) is 2.12. The summed E-state index contributed by atoms with van der Waals surface area (Å²) in [5, 5.41) is 6.45. The van der Waals surface area contributed by atoms with Crippen molar-refractivity contribution in [3.05, 3.63) is 52.8 Å². The molecule has 1 heterocycles. The van der Waals surface area contributed by atoms with Gasteiger partial charge in [-0.2, -0.15) is 0 Å². The van der Waals surface area contributed by atoms with E-state index in [-0.39, 0.29) is 5.91 Å². The van der Waals surface area contributed by atoms with Crippen molar-refractivity contribution < 1.29 is 9.53 Å². The SMILES string of the molecule is COCCNc1nccc(C(=O)NCc2ccc(Cl)cc2)n1. The fraction of sp³-hybridized carbons (Fsp3) is 0.267. The van der Waals surface area contributed by atoms with Crippen LogP contribution in [0.5, 0.6) is 0 Å². The normalized spacial score (nSPS) is 10.3. The van der Waals surface area contributed by atoms with E-state index >= 15 is 0 Å². The molecule has 2 rings (SSSR count). The molecule has 0 fully saturated rings. The number of carbonyl (C=O) groups is 1. The van der Waals surface area contributed by atoms with Crippen LogP contribution in [0.25, 0.3) is 0 Å². The first-order valence-corrected chi connectivity index (χ1v) is 7.15. The quantitative estimate of drug-likeness (QED) is 0.764. The van der Waals surface area contributed by atoms with E-state index in [0.29, 0.717) is 36.4 Å². The minimum atomic E-state index is -0.257. The van der Waals surface area contributed by atoms with Gasteiger partial charge in [0.15, 0.2) is 0 Å². The molecular weight excluding hydrogens is 304 g/mol. The summed E-state index contributed by atoms with van der Waals surface area (Å²) in [6.45, 7) is 1.52. The molecule has 0 aliphatic heterocycles. The van der Waals surface area contributed by atoms with Crippen molar-refractivity contribution in [1.29, 1.82) is 0 Å². The van der Waals surface area contributed by atoms with Gasteiger partial charge in [-0.15, -0.1) is 0 Å². The highest BCUT2D eigenvalue weighted by molar-refractivity contribution is 6.30. The molecule has 6 nitrogen and oxygen atoms in total. The molecule has 1 amide bonds. The Morgan fingerprint density at radius 2 is 2.05 bits per heavy atom. The average Bonchev–Trinajstić information content (AvgIpc) is 2.54. The van der Waals surface area contributed by atoms with Gasteiger partial charge in [-0.3, -0.25) is 4.79 Å². The van der Waals surface area contributed by atoms with Crippen LogP contribution in [-0.4, -0.2) is 36.1 Å². The topological polar surface area (TPSA) is 76.1 Å². The van der Waals surface area contributed by atoms with Crippen LogP contribution >= 0.6 is 11.6 Å². The molecule has 0 saturated heterocycles. The van der Waals surface area contributed by atoms with Crippen LogP contribution < -0.4 is 10.6 Å². The zero-order valence-electron chi connectivity index (χ0n) is 12.2. The van der Waals surface area contributed by atoms with Crippen molar-refractivity contribution in [3.8, 4) is 0 Å². The van der Waals surface area contributed by atoms with Gasteiger partial charge < -0.3 is 15.4 Å². The first-order chi connectivity index (χ1) is 10.7. The molecule has 116 valence electrons. The smallest absolute Gasteiger partial charge is 0.270 e. The number of methoxy groups -OCH3 is 1.